The van der Waals surface area contributed by atoms with Gasteiger partial charge in [0.25, 0.3) is 0 Å². The van der Waals surface area contributed by atoms with Crippen molar-refractivity contribution in [3.8, 4) is 5.75 Å². The molecule has 0 amide bonds. The van der Waals surface area contributed by atoms with Gasteiger partial charge in [-0.15, -0.1) is 0 Å². The number of ether oxygens (including phenoxy) is 1. The van der Waals surface area contributed by atoms with Gasteiger partial charge in [-0.25, -0.2) is 0 Å². The van der Waals surface area contributed by atoms with Gasteiger partial charge in [0.15, 0.2) is 0 Å². The summed E-state index contributed by atoms with van der Waals surface area (Å²) in [5.41, 5.74) is 2.61. The molecule has 2 rings (SSSR count). The average Bonchev–Trinajstić information content (AvgIpc) is 2.99. The van der Waals surface area contributed by atoms with E-state index in [1.165, 1.54) is 24.0 Å². The van der Waals surface area contributed by atoms with Crippen LogP contribution in [0.4, 0.5) is 0 Å². The molecule has 14 heavy (non-hydrogen) atoms. The number of hydrogen-bond acceptors (Lipinski definition) is 1. The Morgan fingerprint density at radius 3 is 2.64 bits per heavy atom. The first-order valence-corrected chi connectivity index (χ1v) is 5.24. The van der Waals surface area contributed by atoms with Gasteiger partial charge in [0, 0.05) is 0 Å². The van der Waals surface area contributed by atoms with Crippen LogP contribution in [0, 0.1) is 6.92 Å². The summed E-state index contributed by atoms with van der Waals surface area (Å²) in [5.74, 6) is 2.10. The number of rotatable bonds is 3. The van der Waals surface area contributed by atoms with Crippen LogP contribution in [0.1, 0.15) is 42.7 Å². The molecular weight excluding hydrogens is 172 g/mol. The maximum Gasteiger partial charge on any atom is 0.125 e. The molecule has 0 aromatic heterocycles. The highest BCUT2D eigenvalue weighted by Gasteiger charge is 2.27. The van der Waals surface area contributed by atoms with E-state index in [-0.39, 0.29) is 0 Å². The molecule has 1 nitrogen and oxygen atoms in total. The van der Waals surface area contributed by atoms with Gasteiger partial charge >= 0.3 is 0 Å². The highest BCUT2D eigenvalue weighted by molar-refractivity contribution is 5.47. The molecular formula is C13H17O. The molecule has 0 N–H and O–H groups in total. The van der Waals surface area contributed by atoms with Crippen LogP contribution in [-0.2, 0) is 0 Å². The van der Waals surface area contributed by atoms with Crippen molar-refractivity contribution in [1.29, 1.82) is 0 Å². The van der Waals surface area contributed by atoms with E-state index in [0.717, 1.165) is 11.7 Å². The van der Waals surface area contributed by atoms with Gasteiger partial charge in [0.05, 0.1) is 7.11 Å². The minimum Gasteiger partial charge on any atom is -0.496 e. The molecule has 1 unspecified atom stereocenters. The van der Waals surface area contributed by atoms with E-state index in [4.69, 9.17) is 4.74 Å². The Labute approximate surface area is 86.1 Å². The van der Waals surface area contributed by atoms with Crippen LogP contribution >= 0.6 is 0 Å². The van der Waals surface area contributed by atoms with Gasteiger partial charge in [-0.3, -0.25) is 0 Å². The van der Waals surface area contributed by atoms with Crippen molar-refractivity contribution >= 4 is 0 Å². The van der Waals surface area contributed by atoms with Crippen molar-refractivity contribution in [1.82, 2.24) is 0 Å². The maximum absolute atomic E-state index is 5.50. The topological polar surface area (TPSA) is 9.23 Å². The van der Waals surface area contributed by atoms with Gasteiger partial charge in [0.1, 0.15) is 5.75 Å². The van der Waals surface area contributed by atoms with Crippen LogP contribution in [0.3, 0.4) is 0 Å². The van der Waals surface area contributed by atoms with Crippen molar-refractivity contribution in [3.05, 3.63) is 36.2 Å². The average molecular weight is 189 g/mol. The summed E-state index contributed by atoms with van der Waals surface area (Å²) in [6, 6.07) is 6.41. The monoisotopic (exact) mass is 189 g/mol. The molecule has 0 aliphatic heterocycles. The Balaban J connectivity index is 2.44. The molecule has 1 heteroatoms. The van der Waals surface area contributed by atoms with E-state index >= 15 is 0 Å². The molecule has 1 aliphatic rings. The number of hydrogen-bond donors (Lipinski definition) is 0. The van der Waals surface area contributed by atoms with Crippen molar-refractivity contribution in [3.63, 3.8) is 0 Å². The first-order chi connectivity index (χ1) is 6.74. The lowest BCUT2D eigenvalue weighted by Crippen LogP contribution is -1.98. The molecule has 1 fully saturated rings. The molecule has 1 aliphatic carbocycles. The van der Waals surface area contributed by atoms with E-state index in [1.807, 2.05) is 0 Å². The Morgan fingerprint density at radius 1 is 1.43 bits per heavy atom. The van der Waals surface area contributed by atoms with Crippen molar-refractivity contribution in [2.24, 2.45) is 0 Å². The van der Waals surface area contributed by atoms with Crippen LogP contribution < -0.4 is 4.74 Å². The Hall–Kier alpha value is -0.980. The van der Waals surface area contributed by atoms with Gasteiger partial charge in [-0.1, -0.05) is 25.1 Å². The quantitative estimate of drug-likeness (QED) is 0.707. The van der Waals surface area contributed by atoms with Crippen LogP contribution in [-0.4, -0.2) is 7.11 Å². The van der Waals surface area contributed by atoms with E-state index < -0.39 is 0 Å². The van der Waals surface area contributed by atoms with Gasteiger partial charge in [0.2, 0.25) is 0 Å². The fraction of sp³-hybridized carbons (Fsp3) is 0.462. The summed E-state index contributed by atoms with van der Waals surface area (Å²) in [4.78, 5) is 0. The van der Waals surface area contributed by atoms with E-state index in [1.54, 1.807) is 7.11 Å². The second-order valence-corrected chi connectivity index (χ2v) is 4.15. The second-order valence-electron chi connectivity index (χ2n) is 4.15. The number of para-hydroxylation sites is 1. The van der Waals surface area contributed by atoms with Crippen LogP contribution in [0.2, 0.25) is 0 Å². The molecule has 1 aromatic carbocycles. The highest BCUT2D eigenvalue weighted by Crippen LogP contribution is 2.46. The van der Waals surface area contributed by atoms with Crippen molar-refractivity contribution in [2.45, 2.75) is 31.6 Å². The van der Waals surface area contributed by atoms with Crippen LogP contribution in [0.25, 0.3) is 0 Å². The SMILES string of the molecule is [CH2]C(C)c1cccc(C2CC2)c1OC. The summed E-state index contributed by atoms with van der Waals surface area (Å²) in [6.45, 7) is 6.16. The third kappa shape index (κ3) is 1.63. The van der Waals surface area contributed by atoms with Crippen LogP contribution in [0.5, 0.6) is 5.75 Å². The third-order valence-corrected chi connectivity index (χ3v) is 2.83. The molecule has 0 saturated heterocycles. The zero-order valence-electron chi connectivity index (χ0n) is 8.92. The summed E-state index contributed by atoms with van der Waals surface area (Å²) in [5, 5.41) is 0. The number of methoxy groups -OCH3 is 1. The third-order valence-electron chi connectivity index (χ3n) is 2.83. The second kappa shape index (κ2) is 3.64. The lowest BCUT2D eigenvalue weighted by Gasteiger charge is -2.15. The predicted octanol–water partition coefficient (Wildman–Crippen LogP) is 3.51. The smallest absolute Gasteiger partial charge is 0.125 e. The Kier molecular flexibility index (Phi) is 2.49. The minimum atomic E-state index is 0.295. The molecule has 1 atom stereocenters. The lowest BCUT2D eigenvalue weighted by molar-refractivity contribution is 0.403. The molecule has 1 saturated carbocycles. The van der Waals surface area contributed by atoms with E-state index in [2.05, 4.69) is 32.0 Å². The predicted molar refractivity (Wildman–Crippen MR) is 58.7 cm³/mol. The standard InChI is InChI=1S/C13H17O/c1-9(2)11-5-4-6-12(10-7-8-10)13(11)14-3/h4-6,9-10H,1,7-8H2,2-3H3. The largest absolute Gasteiger partial charge is 0.496 e. The molecule has 1 aromatic rings. The fourth-order valence-electron chi connectivity index (χ4n) is 1.91. The molecule has 0 spiro atoms. The molecule has 0 heterocycles. The van der Waals surface area contributed by atoms with Crippen molar-refractivity contribution < 1.29 is 4.74 Å². The first-order valence-electron chi connectivity index (χ1n) is 5.24. The zero-order valence-corrected chi connectivity index (χ0v) is 8.92. The summed E-state index contributed by atoms with van der Waals surface area (Å²) in [6.07, 6.45) is 2.62. The summed E-state index contributed by atoms with van der Waals surface area (Å²) in [7, 11) is 1.76. The normalized spacial score (nSPS) is 16.0. The summed E-state index contributed by atoms with van der Waals surface area (Å²) < 4.78 is 5.50. The lowest BCUT2D eigenvalue weighted by atomic mass is 9.97. The van der Waals surface area contributed by atoms with E-state index in [9.17, 15) is 0 Å². The van der Waals surface area contributed by atoms with Gasteiger partial charge in [-0.2, -0.15) is 0 Å². The molecule has 0 bridgehead atoms. The molecule has 75 valence electrons. The van der Waals surface area contributed by atoms with E-state index in [0.29, 0.717) is 5.92 Å². The van der Waals surface area contributed by atoms with Crippen LogP contribution in [0.15, 0.2) is 18.2 Å². The Bertz CT molecular complexity index is 304. The molecule has 1 radical (unpaired) electrons. The van der Waals surface area contributed by atoms with Gasteiger partial charge < -0.3 is 4.74 Å². The first kappa shape index (κ1) is 9.57. The minimum absolute atomic E-state index is 0.295. The zero-order chi connectivity index (χ0) is 10.1. The van der Waals surface area contributed by atoms with Crippen molar-refractivity contribution in [2.75, 3.05) is 7.11 Å². The maximum atomic E-state index is 5.50. The van der Waals surface area contributed by atoms with Gasteiger partial charge in [-0.05, 0) is 42.7 Å². The fourth-order valence-corrected chi connectivity index (χ4v) is 1.91. The Morgan fingerprint density at radius 2 is 2.14 bits per heavy atom. The number of benzene rings is 1. The highest BCUT2D eigenvalue weighted by atomic mass is 16.5. The summed E-state index contributed by atoms with van der Waals surface area (Å²) >= 11 is 0.